The van der Waals surface area contributed by atoms with Crippen LogP contribution in [0.15, 0.2) is 73.2 Å². The van der Waals surface area contributed by atoms with Gasteiger partial charge in [0.1, 0.15) is 12.1 Å². The molecule has 5 rings (SSSR count). The van der Waals surface area contributed by atoms with Gasteiger partial charge in [0.2, 0.25) is 0 Å². The number of hydrogen-bond acceptors (Lipinski definition) is 5. The predicted octanol–water partition coefficient (Wildman–Crippen LogP) is 3.51. The number of nitrogens with zero attached hydrogens (tertiary/aromatic N) is 4. The van der Waals surface area contributed by atoms with Crippen LogP contribution >= 0.6 is 0 Å². The molecule has 0 bridgehead atoms. The van der Waals surface area contributed by atoms with Gasteiger partial charge in [-0.25, -0.2) is 9.97 Å². The van der Waals surface area contributed by atoms with Crippen molar-refractivity contribution in [1.82, 2.24) is 14.5 Å². The van der Waals surface area contributed by atoms with E-state index in [1.165, 1.54) is 0 Å². The maximum absolute atomic E-state index is 12.9. The number of hydrogen-bond donors (Lipinski definition) is 1. The van der Waals surface area contributed by atoms with Crippen LogP contribution in [0.4, 0.5) is 11.5 Å². The van der Waals surface area contributed by atoms with E-state index in [0.29, 0.717) is 24.6 Å². The molecule has 7 nitrogen and oxygen atoms in total. The molecule has 0 aliphatic carbocycles. The number of para-hydroxylation sites is 2. The first-order valence-corrected chi connectivity index (χ1v) is 9.91. The zero-order chi connectivity index (χ0) is 20.3. The highest BCUT2D eigenvalue weighted by molar-refractivity contribution is 6.07. The van der Waals surface area contributed by atoms with Gasteiger partial charge in [-0.15, -0.1) is 0 Å². The number of carbonyl (C=O) groups excluding carboxylic acids is 1. The van der Waals surface area contributed by atoms with Crippen LogP contribution in [0.1, 0.15) is 10.4 Å². The van der Waals surface area contributed by atoms with Crippen LogP contribution in [0.5, 0.6) is 0 Å². The van der Waals surface area contributed by atoms with E-state index < -0.39 is 0 Å². The van der Waals surface area contributed by atoms with Crippen LogP contribution in [0.3, 0.4) is 0 Å². The number of ether oxygens (including phenoxy) is 1. The molecule has 0 radical (unpaired) electrons. The van der Waals surface area contributed by atoms with Crippen LogP contribution in [0, 0.1) is 0 Å². The minimum atomic E-state index is -0.176. The highest BCUT2D eigenvalue weighted by Crippen LogP contribution is 2.22. The number of benzene rings is 2. The lowest BCUT2D eigenvalue weighted by Gasteiger charge is -2.29. The molecule has 30 heavy (non-hydrogen) atoms. The SMILES string of the molecule is O=C(Nc1ccc(-n2cnc3ccccc32)cc1)c1cccnc1N1CCOCC1. The quantitative estimate of drug-likeness (QED) is 0.569. The first-order valence-electron chi connectivity index (χ1n) is 9.91. The second-order valence-corrected chi connectivity index (χ2v) is 7.08. The minimum absolute atomic E-state index is 0.176. The van der Waals surface area contributed by atoms with Crippen molar-refractivity contribution in [3.8, 4) is 5.69 Å². The molecule has 1 fully saturated rings. The molecule has 1 amide bonds. The highest BCUT2D eigenvalue weighted by Gasteiger charge is 2.20. The van der Waals surface area contributed by atoms with E-state index in [0.717, 1.165) is 35.5 Å². The molecular weight excluding hydrogens is 378 g/mol. The van der Waals surface area contributed by atoms with Crippen LogP contribution in [0.25, 0.3) is 16.7 Å². The topological polar surface area (TPSA) is 72.3 Å². The second-order valence-electron chi connectivity index (χ2n) is 7.08. The third kappa shape index (κ3) is 3.51. The summed E-state index contributed by atoms with van der Waals surface area (Å²) in [6.07, 6.45) is 3.52. The van der Waals surface area contributed by atoms with Gasteiger partial charge in [0.05, 0.1) is 29.8 Å². The molecule has 1 saturated heterocycles. The molecule has 3 heterocycles. The van der Waals surface area contributed by atoms with E-state index in [1.54, 1.807) is 18.3 Å². The highest BCUT2D eigenvalue weighted by atomic mass is 16.5. The van der Waals surface area contributed by atoms with Gasteiger partial charge in [0.15, 0.2) is 0 Å². The number of pyridine rings is 1. The zero-order valence-corrected chi connectivity index (χ0v) is 16.4. The van der Waals surface area contributed by atoms with Crippen molar-refractivity contribution in [2.75, 3.05) is 36.5 Å². The van der Waals surface area contributed by atoms with Crippen molar-refractivity contribution in [1.29, 1.82) is 0 Å². The molecule has 0 atom stereocenters. The monoisotopic (exact) mass is 399 g/mol. The summed E-state index contributed by atoms with van der Waals surface area (Å²) in [5, 5.41) is 2.99. The fourth-order valence-corrected chi connectivity index (χ4v) is 3.67. The Balaban J connectivity index is 1.36. The number of imidazole rings is 1. The summed E-state index contributed by atoms with van der Waals surface area (Å²) >= 11 is 0. The van der Waals surface area contributed by atoms with E-state index >= 15 is 0 Å². The number of nitrogens with one attached hydrogen (secondary N) is 1. The van der Waals surface area contributed by atoms with Crippen molar-refractivity contribution in [3.05, 3.63) is 78.8 Å². The third-order valence-corrected chi connectivity index (χ3v) is 5.20. The number of aromatic nitrogens is 3. The summed E-state index contributed by atoms with van der Waals surface area (Å²) in [7, 11) is 0. The molecule has 0 saturated carbocycles. The molecule has 1 aliphatic rings. The Kier molecular flexibility index (Phi) is 4.86. The van der Waals surface area contributed by atoms with Gasteiger partial charge in [0.25, 0.3) is 5.91 Å². The number of amides is 1. The first-order chi connectivity index (χ1) is 14.8. The van der Waals surface area contributed by atoms with Gasteiger partial charge in [-0.2, -0.15) is 0 Å². The fourth-order valence-electron chi connectivity index (χ4n) is 3.67. The maximum Gasteiger partial charge on any atom is 0.259 e. The molecular formula is C23H21N5O2. The fraction of sp³-hybridized carbons (Fsp3) is 0.174. The molecule has 2 aromatic heterocycles. The molecule has 0 unspecified atom stereocenters. The number of morpholine rings is 1. The van der Waals surface area contributed by atoms with Crippen LogP contribution < -0.4 is 10.2 Å². The Bertz CT molecular complexity index is 1180. The van der Waals surface area contributed by atoms with E-state index in [2.05, 4.69) is 20.2 Å². The minimum Gasteiger partial charge on any atom is -0.378 e. The summed E-state index contributed by atoms with van der Waals surface area (Å²) < 4.78 is 7.44. The summed E-state index contributed by atoms with van der Waals surface area (Å²) in [5.74, 6) is 0.519. The lowest BCUT2D eigenvalue weighted by Crippen LogP contribution is -2.38. The van der Waals surface area contributed by atoms with E-state index in [4.69, 9.17) is 4.74 Å². The Hall–Kier alpha value is -3.71. The van der Waals surface area contributed by atoms with Crippen molar-refractivity contribution in [3.63, 3.8) is 0 Å². The lowest BCUT2D eigenvalue weighted by molar-refractivity contribution is 0.102. The number of carbonyl (C=O) groups is 1. The lowest BCUT2D eigenvalue weighted by atomic mass is 10.2. The number of fused-ring (bicyclic) bond motifs is 1. The van der Waals surface area contributed by atoms with Gasteiger partial charge in [0, 0.05) is 30.7 Å². The van der Waals surface area contributed by atoms with Gasteiger partial charge in [-0.05, 0) is 48.5 Å². The first kappa shape index (κ1) is 18.3. The van der Waals surface area contributed by atoms with E-state index in [-0.39, 0.29) is 5.91 Å². The third-order valence-electron chi connectivity index (χ3n) is 5.20. The molecule has 150 valence electrons. The van der Waals surface area contributed by atoms with Crippen molar-refractivity contribution < 1.29 is 9.53 Å². The molecule has 1 N–H and O–H groups in total. The molecule has 1 aliphatic heterocycles. The smallest absolute Gasteiger partial charge is 0.259 e. The average molecular weight is 399 g/mol. The number of rotatable bonds is 4. The second kappa shape index (κ2) is 7.96. The summed E-state index contributed by atoms with van der Waals surface area (Å²) in [4.78, 5) is 23.9. The largest absolute Gasteiger partial charge is 0.378 e. The van der Waals surface area contributed by atoms with Crippen LogP contribution in [-0.4, -0.2) is 46.7 Å². The summed E-state index contributed by atoms with van der Waals surface area (Å²) in [6.45, 7) is 2.74. The van der Waals surface area contributed by atoms with Gasteiger partial charge in [-0.3, -0.25) is 9.36 Å². The molecule has 4 aromatic rings. The molecule has 2 aromatic carbocycles. The Morgan fingerprint density at radius 2 is 1.73 bits per heavy atom. The van der Waals surface area contributed by atoms with E-state index in [9.17, 15) is 4.79 Å². The Morgan fingerprint density at radius 3 is 2.57 bits per heavy atom. The van der Waals surface area contributed by atoms with Crippen LogP contribution in [-0.2, 0) is 4.74 Å². The molecule has 0 spiro atoms. The van der Waals surface area contributed by atoms with Crippen molar-refractivity contribution in [2.45, 2.75) is 0 Å². The van der Waals surface area contributed by atoms with Gasteiger partial charge in [-0.1, -0.05) is 12.1 Å². The maximum atomic E-state index is 12.9. The normalized spacial score (nSPS) is 14.1. The molecule has 7 heteroatoms. The predicted molar refractivity (Wildman–Crippen MR) is 116 cm³/mol. The van der Waals surface area contributed by atoms with Crippen LogP contribution in [0.2, 0.25) is 0 Å². The van der Waals surface area contributed by atoms with Gasteiger partial charge >= 0.3 is 0 Å². The van der Waals surface area contributed by atoms with E-state index in [1.807, 2.05) is 59.4 Å². The van der Waals surface area contributed by atoms with Gasteiger partial charge < -0.3 is 15.0 Å². The number of anilines is 2. The standard InChI is InChI=1S/C23H21N5O2/c29-23(19-4-3-11-24-22(19)27-12-14-30-15-13-27)26-17-7-9-18(10-8-17)28-16-25-20-5-1-2-6-21(20)28/h1-11,16H,12-15H2,(H,26,29). The summed E-state index contributed by atoms with van der Waals surface area (Å²) in [5.41, 5.74) is 4.26. The zero-order valence-electron chi connectivity index (χ0n) is 16.4. The average Bonchev–Trinajstić information content (AvgIpc) is 3.24. The van der Waals surface area contributed by atoms with Crippen molar-refractivity contribution in [2.24, 2.45) is 0 Å². The Morgan fingerprint density at radius 1 is 0.933 bits per heavy atom. The van der Waals surface area contributed by atoms with Crippen molar-refractivity contribution >= 4 is 28.4 Å². The Labute approximate surface area is 173 Å². The summed E-state index contributed by atoms with van der Waals surface area (Å²) in [6, 6.07) is 19.3.